The van der Waals surface area contributed by atoms with Crippen molar-refractivity contribution < 1.29 is 14.4 Å². The Hall–Kier alpha value is -1.14. The van der Waals surface area contributed by atoms with Crippen LogP contribution in [0.1, 0.15) is 39.5 Å². The first-order chi connectivity index (χ1) is 8.50. The minimum absolute atomic E-state index is 0.0443. The van der Waals surface area contributed by atoms with E-state index in [0.29, 0.717) is 0 Å². The van der Waals surface area contributed by atoms with E-state index in [9.17, 15) is 9.59 Å². The second kappa shape index (κ2) is 7.33. The predicted octanol–water partition coefficient (Wildman–Crippen LogP) is 0.0763. The monoisotopic (exact) mass is 257 g/mol. The first-order valence-corrected chi connectivity index (χ1v) is 6.48. The summed E-state index contributed by atoms with van der Waals surface area (Å²) in [4.78, 5) is 28.1. The van der Waals surface area contributed by atoms with Gasteiger partial charge in [0.15, 0.2) is 0 Å². The van der Waals surface area contributed by atoms with Crippen LogP contribution in [0.15, 0.2) is 0 Å². The molecule has 1 aliphatic carbocycles. The van der Waals surface area contributed by atoms with Gasteiger partial charge in [-0.1, -0.05) is 26.7 Å². The van der Waals surface area contributed by atoms with Gasteiger partial charge in [0.25, 0.3) is 5.91 Å². The molecule has 18 heavy (non-hydrogen) atoms. The summed E-state index contributed by atoms with van der Waals surface area (Å²) in [5.74, 6) is -0.630. The van der Waals surface area contributed by atoms with Crippen LogP contribution >= 0.6 is 0 Å². The fourth-order valence-corrected chi connectivity index (χ4v) is 1.78. The summed E-state index contributed by atoms with van der Waals surface area (Å²) >= 11 is 0. The fourth-order valence-electron chi connectivity index (χ4n) is 1.78. The maximum Gasteiger partial charge on any atom is 0.262 e. The van der Waals surface area contributed by atoms with Crippen molar-refractivity contribution in [2.45, 2.75) is 51.7 Å². The zero-order valence-corrected chi connectivity index (χ0v) is 11.1. The molecule has 104 valence electrons. The molecule has 0 aliphatic heterocycles. The highest BCUT2D eigenvalue weighted by Crippen LogP contribution is 2.19. The molecule has 0 aromatic carbocycles. The molecule has 1 fully saturated rings. The molecule has 1 aliphatic rings. The predicted molar refractivity (Wildman–Crippen MR) is 67.3 cm³/mol. The van der Waals surface area contributed by atoms with E-state index in [1.165, 1.54) is 0 Å². The first-order valence-electron chi connectivity index (χ1n) is 6.48. The summed E-state index contributed by atoms with van der Waals surface area (Å²) in [6.45, 7) is 3.60. The first kappa shape index (κ1) is 14.9. The molecule has 0 spiro atoms. The SMILES string of the molecule is CC(C)[C@H](N)C(=O)NCC(=O)NOC1CCCC1. The summed E-state index contributed by atoms with van der Waals surface area (Å²) in [5, 5.41) is 2.48. The highest BCUT2D eigenvalue weighted by atomic mass is 16.7. The van der Waals surface area contributed by atoms with E-state index in [-0.39, 0.29) is 30.4 Å². The number of nitrogens with two attached hydrogens (primary N) is 1. The standard InChI is InChI=1S/C12H23N3O3/c1-8(2)11(13)12(17)14-7-10(16)15-18-9-5-3-4-6-9/h8-9,11H,3-7,13H2,1-2H3,(H,14,17)(H,15,16)/t11-/m0/s1. The maximum absolute atomic E-state index is 11.5. The van der Waals surface area contributed by atoms with Crippen LogP contribution in [0, 0.1) is 5.92 Å². The molecule has 0 aromatic rings. The molecule has 6 nitrogen and oxygen atoms in total. The van der Waals surface area contributed by atoms with Gasteiger partial charge in [-0.25, -0.2) is 5.48 Å². The summed E-state index contributed by atoms with van der Waals surface area (Å²) in [7, 11) is 0. The van der Waals surface area contributed by atoms with Gasteiger partial charge in [0.2, 0.25) is 5.91 Å². The van der Waals surface area contributed by atoms with E-state index in [1.54, 1.807) is 0 Å². The average molecular weight is 257 g/mol. The van der Waals surface area contributed by atoms with E-state index in [4.69, 9.17) is 10.6 Å². The van der Waals surface area contributed by atoms with Gasteiger partial charge in [-0.2, -0.15) is 0 Å². The second-order valence-corrected chi connectivity index (χ2v) is 5.04. The smallest absolute Gasteiger partial charge is 0.262 e. The van der Waals surface area contributed by atoms with Crippen LogP contribution in [0.2, 0.25) is 0 Å². The normalized spacial score (nSPS) is 17.8. The number of carbonyl (C=O) groups excluding carboxylic acids is 2. The minimum Gasteiger partial charge on any atom is -0.346 e. The number of hydroxylamine groups is 1. The molecule has 6 heteroatoms. The van der Waals surface area contributed by atoms with Crippen molar-refractivity contribution in [1.82, 2.24) is 10.8 Å². The largest absolute Gasteiger partial charge is 0.346 e. The molecule has 0 radical (unpaired) electrons. The van der Waals surface area contributed by atoms with Crippen LogP contribution in [0.5, 0.6) is 0 Å². The molecule has 0 saturated heterocycles. The number of amides is 2. The summed E-state index contributed by atoms with van der Waals surface area (Å²) < 4.78 is 0. The lowest BCUT2D eigenvalue weighted by Crippen LogP contribution is -2.47. The highest BCUT2D eigenvalue weighted by molar-refractivity contribution is 5.87. The van der Waals surface area contributed by atoms with Crippen LogP contribution in [-0.4, -0.2) is 30.5 Å². The Balaban J connectivity index is 2.14. The van der Waals surface area contributed by atoms with Crippen LogP contribution < -0.4 is 16.5 Å². The van der Waals surface area contributed by atoms with E-state index < -0.39 is 6.04 Å². The lowest BCUT2D eigenvalue weighted by molar-refractivity contribution is -0.139. The van der Waals surface area contributed by atoms with Crippen LogP contribution in [0.4, 0.5) is 0 Å². The van der Waals surface area contributed by atoms with E-state index in [0.717, 1.165) is 25.7 Å². The minimum atomic E-state index is -0.589. The van der Waals surface area contributed by atoms with Crippen LogP contribution in [0.25, 0.3) is 0 Å². The Bertz CT molecular complexity index is 288. The molecule has 2 amide bonds. The van der Waals surface area contributed by atoms with Crippen LogP contribution in [-0.2, 0) is 14.4 Å². The van der Waals surface area contributed by atoms with E-state index in [1.807, 2.05) is 13.8 Å². The number of hydrogen-bond donors (Lipinski definition) is 3. The third-order valence-electron chi connectivity index (χ3n) is 3.09. The molecule has 0 bridgehead atoms. The third-order valence-corrected chi connectivity index (χ3v) is 3.09. The summed E-state index contributed by atoms with van der Waals surface area (Å²) in [6, 6.07) is -0.589. The lowest BCUT2D eigenvalue weighted by atomic mass is 10.1. The highest BCUT2D eigenvalue weighted by Gasteiger charge is 2.19. The van der Waals surface area contributed by atoms with Crippen molar-refractivity contribution in [3.8, 4) is 0 Å². The van der Waals surface area contributed by atoms with Crippen molar-refractivity contribution in [3.63, 3.8) is 0 Å². The Morgan fingerprint density at radius 2 is 1.94 bits per heavy atom. The van der Waals surface area contributed by atoms with Gasteiger partial charge in [-0.05, 0) is 18.8 Å². The van der Waals surface area contributed by atoms with Crippen molar-refractivity contribution in [2.75, 3.05) is 6.54 Å². The van der Waals surface area contributed by atoms with Gasteiger partial charge in [0.05, 0.1) is 18.7 Å². The maximum atomic E-state index is 11.5. The molecular weight excluding hydrogens is 234 g/mol. The number of carbonyl (C=O) groups is 2. The van der Waals surface area contributed by atoms with Crippen molar-refractivity contribution in [1.29, 1.82) is 0 Å². The number of hydrogen-bond acceptors (Lipinski definition) is 4. The van der Waals surface area contributed by atoms with Gasteiger partial charge < -0.3 is 11.1 Å². The fraction of sp³-hybridized carbons (Fsp3) is 0.833. The number of rotatable bonds is 6. The Morgan fingerprint density at radius 3 is 2.50 bits per heavy atom. The zero-order chi connectivity index (χ0) is 13.5. The average Bonchev–Trinajstić information content (AvgIpc) is 2.85. The van der Waals surface area contributed by atoms with Gasteiger partial charge in [0, 0.05) is 0 Å². The molecule has 1 rings (SSSR count). The van der Waals surface area contributed by atoms with Gasteiger partial charge in [0.1, 0.15) is 0 Å². The van der Waals surface area contributed by atoms with E-state index in [2.05, 4.69) is 10.8 Å². The zero-order valence-electron chi connectivity index (χ0n) is 11.1. The van der Waals surface area contributed by atoms with Crippen molar-refractivity contribution >= 4 is 11.8 Å². The Kier molecular flexibility index (Phi) is 6.07. The molecule has 4 N–H and O–H groups in total. The second-order valence-electron chi connectivity index (χ2n) is 5.04. The summed E-state index contributed by atoms with van der Waals surface area (Å²) in [5.41, 5.74) is 8.00. The molecule has 1 atom stereocenters. The van der Waals surface area contributed by atoms with Gasteiger partial charge in [-0.15, -0.1) is 0 Å². The van der Waals surface area contributed by atoms with Gasteiger partial charge in [-0.3, -0.25) is 14.4 Å². The molecule has 0 heterocycles. The molecular formula is C12H23N3O3. The Morgan fingerprint density at radius 1 is 1.33 bits per heavy atom. The topological polar surface area (TPSA) is 93.5 Å². The Labute approximate surface area is 108 Å². The molecule has 1 saturated carbocycles. The van der Waals surface area contributed by atoms with Gasteiger partial charge >= 0.3 is 0 Å². The van der Waals surface area contributed by atoms with Crippen LogP contribution in [0.3, 0.4) is 0 Å². The van der Waals surface area contributed by atoms with E-state index >= 15 is 0 Å². The summed E-state index contributed by atoms with van der Waals surface area (Å²) in [6.07, 6.45) is 4.35. The third kappa shape index (κ3) is 5.01. The van der Waals surface area contributed by atoms with Crippen molar-refractivity contribution in [2.24, 2.45) is 11.7 Å². The molecule has 0 aromatic heterocycles. The quantitative estimate of drug-likeness (QED) is 0.587. The van der Waals surface area contributed by atoms with Crippen molar-refractivity contribution in [3.05, 3.63) is 0 Å². The number of nitrogens with one attached hydrogen (secondary N) is 2. The lowest BCUT2D eigenvalue weighted by Gasteiger charge is -2.15. The molecule has 0 unspecified atom stereocenters.